The first-order chi connectivity index (χ1) is 10.1. The van der Waals surface area contributed by atoms with Gasteiger partial charge in [-0.05, 0) is 42.5 Å². The maximum absolute atomic E-state index is 11.1. The van der Waals surface area contributed by atoms with Gasteiger partial charge in [0, 0.05) is 20.1 Å². The van der Waals surface area contributed by atoms with E-state index in [4.69, 9.17) is 21.4 Å². The van der Waals surface area contributed by atoms with Crippen LogP contribution in [0.5, 0.6) is 5.75 Å². The first kappa shape index (κ1) is 16.2. The maximum atomic E-state index is 11.1. The van der Waals surface area contributed by atoms with E-state index in [1.165, 1.54) is 11.8 Å². The van der Waals surface area contributed by atoms with Gasteiger partial charge < -0.3 is 9.84 Å². The molecule has 3 nitrogen and oxygen atoms in total. The quantitative estimate of drug-likeness (QED) is 0.561. The summed E-state index contributed by atoms with van der Waals surface area (Å²) < 4.78 is 6.43. The Morgan fingerprint density at radius 2 is 1.95 bits per heavy atom. The van der Waals surface area contributed by atoms with Crippen LogP contribution in [0.25, 0.3) is 0 Å². The van der Waals surface area contributed by atoms with Crippen molar-refractivity contribution in [2.45, 2.75) is 4.90 Å². The highest BCUT2D eigenvalue weighted by Gasteiger charge is 2.10. The summed E-state index contributed by atoms with van der Waals surface area (Å²) in [5.41, 5.74) is 0.301. The third-order valence-electron chi connectivity index (χ3n) is 2.60. The molecule has 0 spiro atoms. The number of carboxylic acids is 1. The zero-order valence-electron chi connectivity index (χ0n) is 10.9. The van der Waals surface area contributed by atoms with E-state index < -0.39 is 5.97 Å². The fourth-order valence-electron chi connectivity index (χ4n) is 1.63. The van der Waals surface area contributed by atoms with E-state index in [-0.39, 0.29) is 0 Å². The van der Waals surface area contributed by atoms with Crippen molar-refractivity contribution >= 4 is 45.3 Å². The Bertz CT molecular complexity index is 631. The topological polar surface area (TPSA) is 46.5 Å². The number of halogens is 2. The van der Waals surface area contributed by atoms with E-state index in [1.807, 2.05) is 0 Å². The van der Waals surface area contributed by atoms with E-state index in [0.29, 0.717) is 22.9 Å². The van der Waals surface area contributed by atoms with Gasteiger partial charge in [-0.25, -0.2) is 4.79 Å². The lowest BCUT2D eigenvalue weighted by molar-refractivity contribution is 0.0693. The van der Waals surface area contributed by atoms with Crippen LogP contribution >= 0.6 is 39.3 Å². The summed E-state index contributed by atoms with van der Waals surface area (Å²) in [4.78, 5) is 11.9. The molecule has 0 radical (unpaired) electrons. The van der Waals surface area contributed by atoms with Crippen molar-refractivity contribution in [3.8, 4) is 5.75 Å². The molecule has 21 heavy (non-hydrogen) atoms. The van der Waals surface area contributed by atoms with Gasteiger partial charge in [-0.2, -0.15) is 0 Å². The number of ether oxygens (including phenoxy) is 1. The van der Waals surface area contributed by atoms with Gasteiger partial charge in [0.2, 0.25) is 0 Å². The van der Waals surface area contributed by atoms with Crippen molar-refractivity contribution in [2.24, 2.45) is 0 Å². The van der Waals surface area contributed by atoms with E-state index in [0.717, 1.165) is 15.1 Å². The van der Waals surface area contributed by atoms with E-state index in [2.05, 4.69) is 15.9 Å². The van der Waals surface area contributed by atoms with Gasteiger partial charge in [0.1, 0.15) is 5.75 Å². The normalized spacial score (nSPS) is 10.4. The number of carboxylic acid groups (broad SMARTS) is 1. The molecule has 0 aromatic heterocycles. The number of benzene rings is 2. The number of carbonyl (C=O) groups is 1. The Kier molecular flexibility index (Phi) is 5.96. The average Bonchev–Trinajstić information content (AvgIpc) is 2.45. The maximum Gasteiger partial charge on any atom is 0.336 e. The number of hydrogen-bond acceptors (Lipinski definition) is 3. The first-order valence-electron chi connectivity index (χ1n) is 6.10. The third-order valence-corrected chi connectivity index (χ3v) is 4.36. The van der Waals surface area contributed by atoms with Crippen LogP contribution < -0.4 is 4.74 Å². The van der Waals surface area contributed by atoms with E-state index in [1.54, 1.807) is 42.5 Å². The molecule has 2 aromatic carbocycles. The summed E-state index contributed by atoms with van der Waals surface area (Å²) in [5, 5.41) is 9.81. The largest absolute Gasteiger partial charge is 0.493 e. The molecule has 0 unspecified atom stereocenters. The summed E-state index contributed by atoms with van der Waals surface area (Å²) >= 11 is 10.6. The van der Waals surface area contributed by atoms with Gasteiger partial charge in [0.15, 0.2) is 0 Å². The minimum atomic E-state index is -0.927. The molecular formula is C15H12BrClO3S. The SMILES string of the molecule is O=C(O)c1ccc(Br)cc1SCCOc1ccc(Cl)cc1. The molecule has 2 aromatic rings. The molecule has 0 aliphatic rings. The van der Waals surface area contributed by atoms with Crippen LogP contribution in [0.1, 0.15) is 10.4 Å². The lowest BCUT2D eigenvalue weighted by Gasteiger charge is -2.08. The second-order valence-corrected chi connectivity index (χ2v) is 6.59. The number of hydrogen-bond donors (Lipinski definition) is 1. The predicted molar refractivity (Wildman–Crippen MR) is 88.8 cm³/mol. The molecule has 6 heteroatoms. The number of thioether (sulfide) groups is 1. The molecule has 2 rings (SSSR count). The van der Waals surface area contributed by atoms with Crippen LogP contribution in [-0.4, -0.2) is 23.4 Å². The van der Waals surface area contributed by atoms with Crippen LogP contribution in [0.3, 0.4) is 0 Å². The summed E-state index contributed by atoms with van der Waals surface area (Å²) in [6.45, 7) is 0.484. The van der Waals surface area contributed by atoms with Gasteiger partial charge >= 0.3 is 5.97 Å². The van der Waals surface area contributed by atoms with Crippen molar-refractivity contribution in [1.29, 1.82) is 0 Å². The Balaban J connectivity index is 1.90. The van der Waals surface area contributed by atoms with Gasteiger partial charge in [-0.15, -0.1) is 11.8 Å². The Morgan fingerprint density at radius 3 is 2.62 bits per heavy atom. The van der Waals surface area contributed by atoms with Gasteiger partial charge in [-0.3, -0.25) is 0 Å². The van der Waals surface area contributed by atoms with Crippen LogP contribution in [0, 0.1) is 0 Å². The van der Waals surface area contributed by atoms with Crippen molar-refractivity contribution in [1.82, 2.24) is 0 Å². The van der Waals surface area contributed by atoms with Crippen molar-refractivity contribution in [3.05, 3.63) is 57.5 Å². The van der Waals surface area contributed by atoms with Gasteiger partial charge in [0.05, 0.1) is 12.2 Å². The molecule has 1 N–H and O–H groups in total. The predicted octanol–water partition coefficient (Wildman–Crippen LogP) is 4.97. The second-order valence-electron chi connectivity index (χ2n) is 4.10. The Labute approximate surface area is 140 Å². The minimum Gasteiger partial charge on any atom is -0.493 e. The first-order valence-corrected chi connectivity index (χ1v) is 8.26. The van der Waals surface area contributed by atoms with Crippen molar-refractivity contribution in [2.75, 3.05) is 12.4 Å². The number of aromatic carboxylic acids is 1. The van der Waals surface area contributed by atoms with Gasteiger partial charge in [0.25, 0.3) is 0 Å². The van der Waals surface area contributed by atoms with Crippen LogP contribution in [0.4, 0.5) is 0 Å². The molecule has 0 saturated heterocycles. The summed E-state index contributed by atoms with van der Waals surface area (Å²) in [7, 11) is 0. The average molecular weight is 388 g/mol. The van der Waals surface area contributed by atoms with Crippen molar-refractivity contribution < 1.29 is 14.6 Å². The molecule has 0 bridgehead atoms. The molecule has 0 heterocycles. The fourth-order valence-corrected chi connectivity index (χ4v) is 3.18. The third kappa shape index (κ3) is 4.95. The van der Waals surface area contributed by atoms with Gasteiger partial charge in [-0.1, -0.05) is 27.5 Å². The monoisotopic (exact) mass is 386 g/mol. The molecule has 0 atom stereocenters. The molecule has 0 saturated carbocycles. The zero-order chi connectivity index (χ0) is 15.2. The molecular weight excluding hydrogens is 376 g/mol. The van der Waals surface area contributed by atoms with Crippen LogP contribution in [0.15, 0.2) is 51.8 Å². The lowest BCUT2D eigenvalue weighted by atomic mass is 10.2. The molecule has 0 fully saturated rings. The lowest BCUT2D eigenvalue weighted by Crippen LogP contribution is -2.02. The van der Waals surface area contributed by atoms with Crippen molar-refractivity contribution in [3.63, 3.8) is 0 Å². The molecule has 0 aliphatic heterocycles. The highest BCUT2D eigenvalue weighted by atomic mass is 79.9. The Morgan fingerprint density at radius 1 is 1.24 bits per heavy atom. The van der Waals surface area contributed by atoms with Crippen LogP contribution in [0.2, 0.25) is 5.02 Å². The highest BCUT2D eigenvalue weighted by Crippen LogP contribution is 2.26. The van der Waals surface area contributed by atoms with E-state index in [9.17, 15) is 4.79 Å². The van der Waals surface area contributed by atoms with E-state index >= 15 is 0 Å². The van der Waals surface area contributed by atoms with Crippen LogP contribution in [-0.2, 0) is 0 Å². The summed E-state index contributed by atoms with van der Waals surface area (Å²) in [5.74, 6) is 0.468. The summed E-state index contributed by atoms with van der Waals surface area (Å²) in [6, 6.07) is 12.2. The highest BCUT2D eigenvalue weighted by molar-refractivity contribution is 9.10. The summed E-state index contributed by atoms with van der Waals surface area (Å²) in [6.07, 6.45) is 0. The second kappa shape index (κ2) is 7.73. The molecule has 0 aliphatic carbocycles. The fraction of sp³-hybridized carbons (Fsp3) is 0.133. The molecule has 0 amide bonds. The zero-order valence-corrected chi connectivity index (χ0v) is 14.0. The Hall–Kier alpha value is -1.17. The standard InChI is InChI=1S/C15H12BrClO3S/c16-10-1-6-13(15(18)19)14(9-10)21-8-7-20-12-4-2-11(17)3-5-12/h1-6,9H,7-8H2,(H,18,19). The number of rotatable bonds is 6. The smallest absolute Gasteiger partial charge is 0.336 e. The molecule has 110 valence electrons. The minimum absolute atomic E-state index is 0.301.